The topological polar surface area (TPSA) is 74.1 Å². The minimum Gasteiger partial charge on any atom is -0.407 e. The molecule has 0 saturated carbocycles. The molecule has 86 valence electrons. The lowest BCUT2D eigenvalue weighted by molar-refractivity contribution is -0.132. The van der Waals surface area contributed by atoms with Gasteiger partial charge in [-0.2, -0.15) is 4.98 Å². The van der Waals surface area contributed by atoms with E-state index >= 15 is 0 Å². The lowest BCUT2D eigenvalue weighted by atomic mass is 10.5. The molecule has 0 unspecified atom stereocenters. The summed E-state index contributed by atoms with van der Waals surface area (Å²) in [4.78, 5) is 29.7. The van der Waals surface area contributed by atoms with E-state index in [1.54, 1.807) is 4.57 Å². The van der Waals surface area contributed by atoms with Gasteiger partial charge in [0.2, 0.25) is 11.8 Å². The maximum atomic E-state index is 10.9. The monoisotopic (exact) mass is 231 g/mol. The highest BCUT2D eigenvalue weighted by Crippen LogP contribution is 2.07. The molecule has 0 radical (unpaired) electrons. The first-order valence-corrected chi connectivity index (χ1v) is 4.85. The third-order valence-corrected chi connectivity index (χ3v) is 1.90. The van der Waals surface area contributed by atoms with E-state index < -0.39 is 5.97 Å². The van der Waals surface area contributed by atoms with E-state index in [9.17, 15) is 9.59 Å². The molecule has 6 nitrogen and oxygen atoms in total. The number of hydrogen-bond donors (Lipinski definition) is 0. The molecule has 0 fully saturated rings. The molecular weight excluding hydrogens is 222 g/mol. The Morgan fingerprint density at radius 1 is 1.29 bits per heavy atom. The highest BCUT2D eigenvalue weighted by atomic mass is 16.5. The van der Waals surface area contributed by atoms with E-state index in [1.807, 2.05) is 0 Å². The molecule has 0 aliphatic heterocycles. The molecule has 0 atom stereocenters. The third-order valence-electron chi connectivity index (χ3n) is 1.90. The maximum Gasteiger partial charge on any atom is 0.309 e. The molecule has 0 N–H and O–H groups in total. The second-order valence-corrected chi connectivity index (χ2v) is 3.23. The predicted octanol–water partition coefficient (Wildman–Crippen LogP) is 0.553. The van der Waals surface area contributed by atoms with Gasteiger partial charge in [0.05, 0.1) is 0 Å². The van der Waals surface area contributed by atoms with Crippen LogP contribution in [0.4, 0.5) is 0 Å². The number of ether oxygens (including phenoxy) is 1. The van der Waals surface area contributed by atoms with Crippen molar-refractivity contribution in [3.63, 3.8) is 0 Å². The molecule has 0 aliphatic carbocycles. The van der Waals surface area contributed by atoms with Crippen molar-refractivity contribution in [1.29, 1.82) is 0 Å². The Morgan fingerprint density at radius 3 is 2.65 bits per heavy atom. The molecule has 0 aliphatic rings. The van der Waals surface area contributed by atoms with Gasteiger partial charge in [-0.25, -0.2) is 4.98 Å². The van der Waals surface area contributed by atoms with Gasteiger partial charge < -0.3 is 4.74 Å². The Kier molecular flexibility index (Phi) is 2.95. The van der Waals surface area contributed by atoms with Crippen LogP contribution >= 0.6 is 0 Å². The number of carbonyl (C=O) groups is 1. The summed E-state index contributed by atoms with van der Waals surface area (Å²) in [5, 5.41) is 0. The SMILES string of the molecule is CC(=O)Oc1ccnc(-n2ccc(=O)cc2)n1. The maximum absolute atomic E-state index is 10.9. The first-order chi connectivity index (χ1) is 8.15. The number of esters is 1. The average Bonchev–Trinajstić information content (AvgIpc) is 2.29. The van der Waals surface area contributed by atoms with Crippen LogP contribution in [0.25, 0.3) is 5.95 Å². The Labute approximate surface area is 96.5 Å². The quantitative estimate of drug-likeness (QED) is 0.706. The summed E-state index contributed by atoms with van der Waals surface area (Å²) in [6.45, 7) is 1.29. The summed E-state index contributed by atoms with van der Waals surface area (Å²) in [6, 6.07) is 4.26. The number of nitrogens with zero attached hydrogens (tertiary/aromatic N) is 3. The molecule has 2 heterocycles. The molecule has 0 aromatic carbocycles. The fourth-order valence-electron chi connectivity index (χ4n) is 1.21. The summed E-state index contributed by atoms with van der Waals surface area (Å²) in [5.74, 6) is 0.0412. The molecule has 17 heavy (non-hydrogen) atoms. The van der Waals surface area contributed by atoms with Gasteiger partial charge in [-0.05, 0) is 0 Å². The van der Waals surface area contributed by atoms with Crippen molar-refractivity contribution < 1.29 is 9.53 Å². The van der Waals surface area contributed by atoms with Crippen LogP contribution in [0.5, 0.6) is 5.88 Å². The van der Waals surface area contributed by atoms with Crippen molar-refractivity contribution in [3.8, 4) is 11.8 Å². The predicted molar refractivity (Wildman–Crippen MR) is 58.9 cm³/mol. The van der Waals surface area contributed by atoms with Crippen LogP contribution in [0, 0.1) is 0 Å². The molecule has 0 bridgehead atoms. The fraction of sp³-hybridized carbons (Fsp3) is 0.0909. The van der Waals surface area contributed by atoms with Gasteiger partial charge >= 0.3 is 5.97 Å². The molecule has 0 spiro atoms. The Bertz CT molecular complexity index is 586. The van der Waals surface area contributed by atoms with Gasteiger partial charge in [-0.1, -0.05) is 0 Å². The number of hydrogen-bond acceptors (Lipinski definition) is 5. The van der Waals surface area contributed by atoms with Crippen molar-refractivity contribution >= 4 is 5.97 Å². The largest absolute Gasteiger partial charge is 0.407 e. The van der Waals surface area contributed by atoms with Gasteiger partial charge in [0.25, 0.3) is 0 Å². The van der Waals surface area contributed by atoms with E-state index in [0.717, 1.165) is 0 Å². The normalized spacial score (nSPS) is 9.94. The van der Waals surface area contributed by atoms with Gasteiger partial charge in [-0.15, -0.1) is 0 Å². The zero-order valence-corrected chi connectivity index (χ0v) is 9.03. The third kappa shape index (κ3) is 2.75. The Morgan fingerprint density at radius 2 is 2.00 bits per heavy atom. The second kappa shape index (κ2) is 4.56. The van der Waals surface area contributed by atoms with Crippen LogP contribution in [0.1, 0.15) is 6.92 Å². The summed E-state index contributed by atoms with van der Waals surface area (Å²) in [5.41, 5.74) is -0.0996. The fourth-order valence-corrected chi connectivity index (χ4v) is 1.21. The molecule has 2 rings (SSSR count). The summed E-state index contributed by atoms with van der Waals surface area (Å²) in [6.07, 6.45) is 4.54. The van der Waals surface area contributed by atoms with Crippen LogP contribution in [0.2, 0.25) is 0 Å². The van der Waals surface area contributed by atoms with E-state index in [0.29, 0.717) is 5.95 Å². The molecule has 6 heteroatoms. The van der Waals surface area contributed by atoms with Gasteiger partial charge in [0.1, 0.15) is 0 Å². The highest BCUT2D eigenvalue weighted by Gasteiger charge is 2.03. The molecular formula is C11H9N3O3. The van der Waals surface area contributed by atoms with Crippen LogP contribution in [0.3, 0.4) is 0 Å². The minimum atomic E-state index is -0.449. The first kappa shape index (κ1) is 11.0. The van der Waals surface area contributed by atoms with E-state index in [-0.39, 0.29) is 11.3 Å². The van der Waals surface area contributed by atoms with Gasteiger partial charge in [-0.3, -0.25) is 14.2 Å². The van der Waals surface area contributed by atoms with Crippen molar-refractivity contribution in [1.82, 2.24) is 14.5 Å². The number of pyridine rings is 1. The van der Waals surface area contributed by atoms with Crippen LogP contribution in [-0.4, -0.2) is 20.5 Å². The summed E-state index contributed by atoms with van der Waals surface area (Å²) >= 11 is 0. The van der Waals surface area contributed by atoms with E-state index in [4.69, 9.17) is 4.74 Å². The van der Waals surface area contributed by atoms with Crippen LogP contribution in [0.15, 0.2) is 41.6 Å². The van der Waals surface area contributed by atoms with Gasteiger partial charge in [0.15, 0.2) is 5.43 Å². The molecule has 2 aromatic heterocycles. The summed E-state index contributed by atoms with van der Waals surface area (Å²) < 4.78 is 6.38. The summed E-state index contributed by atoms with van der Waals surface area (Å²) in [7, 11) is 0. The molecule has 0 amide bonds. The standard InChI is InChI=1S/C11H9N3O3/c1-8(15)17-10-2-5-12-11(13-10)14-6-3-9(16)4-7-14/h2-7H,1H3. The van der Waals surface area contributed by atoms with Crippen LogP contribution in [-0.2, 0) is 4.79 Å². The van der Waals surface area contributed by atoms with Crippen LogP contribution < -0.4 is 10.2 Å². The van der Waals surface area contributed by atoms with Gasteiger partial charge in [0, 0.05) is 43.7 Å². The average molecular weight is 231 g/mol. The smallest absolute Gasteiger partial charge is 0.309 e. The van der Waals surface area contributed by atoms with E-state index in [2.05, 4.69) is 9.97 Å². The number of rotatable bonds is 2. The Hall–Kier alpha value is -2.50. The Balaban J connectivity index is 2.35. The zero-order valence-electron chi connectivity index (χ0n) is 9.03. The van der Waals surface area contributed by atoms with Crippen molar-refractivity contribution in [2.45, 2.75) is 6.92 Å². The highest BCUT2D eigenvalue weighted by molar-refractivity contribution is 5.68. The molecule has 2 aromatic rings. The van der Waals surface area contributed by atoms with Crippen molar-refractivity contribution in [2.24, 2.45) is 0 Å². The first-order valence-electron chi connectivity index (χ1n) is 4.85. The lowest BCUT2D eigenvalue weighted by Crippen LogP contribution is -2.08. The number of carbonyl (C=O) groups excluding carboxylic acids is 1. The lowest BCUT2D eigenvalue weighted by Gasteiger charge is -2.05. The van der Waals surface area contributed by atoms with Crippen molar-refractivity contribution in [2.75, 3.05) is 0 Å². The minimum absolute atomic E-state index is 0.0996. The zero-order chi connectivity index (χ0) is 12.3. The van der Waals surface area contributed by atoms with E-state index in [1.165, 1.54) is 43.7 Å². The second-order valence-electron chi connectivity index (χ2n) is 3.23. The number of aromatic nitrogens is 3. The van der Waals surface area contributed by atoms with Crippen molar-refractivity contribution in [3.05, 3.63) is 47.0 Å². The molecule has 0 saturated heterocycles.